The summed E-state index contributed by atoms with van der Waals surface area (Å²) in [6, 6.07) is 10.2. The molecule has 2 aromatic rings. The summed E-state index contributed by atoms with van der Waals surface area (Å²) in [5.41, 5.74) is 3.06. The lowest BCUT2D eigenvalue weighted by atomic mass is 10.0. The Hall–Kier alpha value is -1.41. The van der Waals surface area contributed by atoms with Crippen LogP contribution in [-0.4, -0.2) is 10.1 Å². The quantitative estimate of drug-likeness (QED) is 0.884. The van der Waals surface area contributed by atoms with Crippen LogP contribution in [0.3, 0.4) is 0 Å². The maximum atomic E-state index is 10.2. The predicted octanol–water partition coefficient (Wildman–Crippen LogP) is 3.77. The molecule has 1 saturated carbocycles. The number of benzene rings is 1. The first kappa shape index (κ1) is 11.7. The first-order valence-electron chi connectivity index (χ1n) is 6.78. The molecule has 1 unspecified atom stereocenters. The van der Waals surface area contributed by atoms with Gasteiger partial charge in [0.2, 0.25) is 0 Å². The minimum atomic E-state index is -0.323. The van der Waals surface area contributed by atoms with Gasteiger partial charge in [-0.25, -0.2) is 0 Å². The maximum Gasteiger partial charge on any atom is 0.0790 e. The first-order valence-corrected chi connectivity index (χ1v) is 6.78. The van der Waals surface area contributed by atoms with E-state index in [9.17, 15) is 5.11 Å². The SMILES string of the molecule is Cc1ccc2cc(C(O)CCC3CC3)ccc2n1. The van der Waals surface area contributed by atoms with Crippen LogP contribution >= 0.6 is 0 Å². The molecule has 1 aliphatic carbocycles. The fourth-order valence-corrected chi connectivity index (χ4v) is 2.42. The molecule has 0 saturated heterocycles. The summed E-state index contributed by atoms with van der Waals surface area (Å²) in [6.07, 6.45) is 4.43. The summed E-state index contributed by atoms with van der Waals surface area (Å²) in [6.45, 7) is 2.00. The standard InChI is InChI=1S/C16H19NO/c1-11-2-6-13-10-14(7-8-15(13)17-11)16(18)9-5-12-3-4-12/h2,6-8,10,12,16,18H,3-5,9H2,1H3. The van der Waals surface area contributed by atoms with Gasteiger partial charge in [-0.1, -0.05) is 25.0 Å². The van der Waals surface area contributed by atoms with Crippen LogP contribution in [0.4, 0.5) is 0 Å². The monoisotopic (exact) mass is 241 g/mol. The third kappa shape index (κ3) is 2.54. The van der Waals surface area contributed by atoms with E-state index < -0.39 is 0 Å². The van der Waals surface area contributed by atoms with Crippen molar-refractivity contribution >= 4 is 10.9 Å². The molecule has 0 aliphatic heterocycles. The van der Waals surface area contributed by atoms with E-state index in [1.54, 1.807) is 0 Å². The smallest absolute Gasteiger partial charge is 0.0790 e. The number of nitrogens with zero attached hydrogens (tertiary/aromatic N) is 1. The average molecular weight is 241 g/mol. The second-order valence-corrected chi connectivity index (χ2v) is 5.44. The van der Waals surface area contributed by atoms with Crippen LogP contribution in [0.25, 0.3) is 10.9 Å². The number of hydrogen-bond donors (Lipinski definition) is 1. The van der Waals surface area contributed by atoms with E-state index >= 15 is 0 Å². The van der Waals surface area contributed by atoms with Crippen molar-refractivity contribution in [3.8, 4) is 0 Å². The second kappa shape index (κ2) is 4.69. The molecule has 18 heavy (non-hydrogen) atoms. The zero-order chi connectivity index (χ0) is 12.5. The van der Waals surface area contributed by atoms with Crippen molar-refractivity contribution in [1.82, 2.24) is 4.98 Å². The molecule has 1 N–H and O–H groups in total. The molecule has 94 valence electrons. The van der Waals surface area contributed by atoms with Crippen LogP contribution in [0.1, 0.15) is 43.0 Å². The summed E-state index contributed by atoms with van der Waals surface area (Å²) in [4.78, 5) is 4.48. The fourth-order valence-electron chi connectivity index (χ4n) is 2.42. The van der Waals surface area contributed by atoms with Crippen LogP contribution in [-0.2, 0) is 0 Å². The number of rotatable bonds is 4. The molecule has 1 heterocycles. The average Bonchev–Trinajstić information content (AvgIpc) is 3.19. The Morgan fingerprint density at radius 3 is 2.89 bits per heavy atom. The van der Waals surface area contributed by atoms with E-state index in [1.807, 2.05) is 25.1 Å². The van der Waals surface area contributed by atoms with Gasteiger partial charge in [-0.2, -0.15) is 0 Å². The normalized spacial score (nSPS) is 17.0. The number of hydrogen-bond acceptors (Lipinski definition) is 2. The molecule has 1 aromatic heterocycles. The number of aryl methyl sites for hydroxylation is 1. The minimum Gasteiger partial charge on any atom is -0.388 e. The summed E-state index contributed by atoms with van der Waals surface area (Å²) in [7, 11) is 0. The number of aromatic nitrogens is 1. The van der Waals surface area contributed by atoms with Gasteiger partial charge in [0.15, 0.2) is 0 Å². The van der Waals surface area contributed by atoms with E-state index in [0.29, 0.717) is 0 Å². The summed E-state index contributed by atoms with van der Waals surface area (Å²) in [5, 5.41) is 11.3. The Labute approximate surface area is 108 Å². The first-order chi connectivity index (χ1) is 8.72. The zero-order valence-corrected chi connectivity index (χ0v) is 10.8. The zero-order valence-electron chi connectivity index (χ0n) is 10.8. The molecule has 0 radical (unpaired) electrons. The van der Waals surface area contributed by atoms with E-state index in [2.05, 4.69) is 17.1 Å². The van der Waals surface area contributed by atoms with Crippen LogP contribution < -0.4 is 0 Å². The van der Waals surface area contributed by atoms with Crippen LogP contribution in [0.5, 0.6) is 0 Å². The Balaban J connectivity index is 1.80. The van der Waals surface area contributed by atoms with Gasteiger partial charge in [0.25, 0.3) is 0 Å². The van der Waals surface area contributed by atoms with Crippen LogP contribution in [0.15, 0.2) is 30.3 Å². The van der Waals surface area contributed by atoms with Crippen molar-refractivity contribution in [2.45, 2.75) is 38.7 Å². The van der Waals surface area contributed by atoms with Crippen LogP contribution in [0, 0.1) is 12.8 Å². The van der Waals surface area contributed by atoms with Crippen molar-refractivity contribution in [1.29, 1.82) is 0 Å². The third-order valence-electron chi connectivity index (χ3n) is 3.78. The summed E-state index contributed by atoms with van der Waals surface area (Å²) < 4.78 is 0. The number of aliphatic hydroxyl groups excluding tert-OH is 1. The molecule has 1 atom stereocenters. The predicted molar refractivity (Wildman–Crippen MR) is 73.4 cm³/mol. The van der Waals surface area contributed by atoms with Gasteiger partial charge in [-0.15, -0.1) is 0 Å². The topological polar surface area (TPSA) is 33.1 Å². The number of aliphatic hydroxyl groups is 1. The van der Waals surface area contributed by atoms with Gasteiger partial charge in [-0.05, 0) is 49.4 Å². The second-order valence-electron chi connectivity index (χ2n) is 5.44. The molecule has 0 bridgehead atoms. The van der Waals surface area contributed by atoms with Crippen molar-refractivity contribution < 1.29 is 5.11 Å². The fraction of sp³-hybridized carbons (Fsp3) is 0.438. The maximum absolute atomic E-state index is 10.2. The molecule has 0 spiro atoms. The highest BCUT2D eigenvalue weighted by Crippen LogP contribution is 2.36. The van der Waals surface area contributed by atoms with Crippen molar-refractivity contribution in [2.75, 3.05) is 0 Å². The molecular weight excluding hydrogens is 222 g/mol. The highest BCUT2D eigenvalue weighted by Gasteiger charge is 2.22. The van der Waals surface area contributed by atoms with E-state index in [-0.39, 0.29) is 6.10 Å². The third-order valence-corrected chi connectivity index (χ3v) is 3.78. The Morgan fingerprint density at radius 1 is 1.28 bits per heavy atom. The Kier molecular flexibility index (Phi) is 3.04. The van der Waals surface area contributed by atoms with Gasteiger partial charge in [0.1, 0.15) is 0 Å². The largest absolute Gasteiger partial charge is 0.388 e. The molecule has 0 amide bonds. The van der Waals surface area contributed by atoms with Crippen molar-refractivity contribution in [2.24, 2.45) is 5.92 Å². The summed E-state index contributed by atoms with van der Waals surface area (Å²) in [5.74, 6) is 0.879. The van der Waals surface area contributed by atoms with Gasteiger partial charge < -0.3 is 5.11 Å². The van der Waals surface area contributed by atoms with Crippen LogP contribution in [0.2, 0.25) is 0 Å². The van der Waals surface area contributed by atoms with Crippen molar-refractivity contribution in [3.05, 3.63) is 41.6 Å². The van der Waals surface area contributed by atoms with Gasteiger partial charge >= 0.3 is 0 Å². The molecule has 1 aliphatic rings. The lowest BCUT2D eigenvalue weighted by Crippen LogP contribution is -1.98. The minimum absolute atomic E-state index is 0.323. The number of fused-ring (bicyclic) bond motifs is 1. The highest BCUT2D eigenvalue weighted by atomic mass is 16.3. The van der Waals surface area contributed by atoms with E-state index in [0.717, 1.165) is 40.9 Å². The molecule has 1 aromatic carbocycles. The summed E-state index contributed by atoms with van der Waals surface area (Å²) >= 11 is 0. The van der Waals surface area contributed by atoms with Gasteiger partial charge in [0.05, 0.1) is 11.6 Å². The van der Waals surface area contributed by atoms with Gasteiger partial charge in [0, 0.05) is 11.1 Å². The lowest BCUT2D eigenvalue weighted by molar-refractivity contribution is 0.162. The lowest BCUT2D eigenvalue weighted by Gasteiger charge is -2.11. The van der Waals surface area contributed by atoms with Gasteiger partial charge in [-0.3, -0.25) is 4.98 Å². The number of pyridine rings is 1. The highest BCUT2D eigenvalue weighted by molar-refractivity contribution is 5.79. The Bertz CT molecular complexity index is 560. The molecule has 2 nitrogen and oxygen atoms in total. The Morgan fingerprint density at radius 2 is 2.11 bits per heavy atom. The molecule has 3 rings (SSSR count). The molecular formula is C16H19NO. The van der Waals surface area contributed by atoms with Crippen molar-refractivity contribution in [3.63, 3.8) is 0 Å². The van der Waals surface area contributed by atoms with E-state index in [4.69, 9.17) is 0 Å². The molecule has 1 fully saturated rings. The molecule has 2 heteroatoms. The van der Waals surface area contributed by atoms with E-state index in [1.165, 1.54) is 12.8 Å².